The average Bonchev–Trinajstić information content (AvgIpc) is 3.23. The molecule has 0 heterocycles. The zero-order chi connectivity index (χ0) is 23.1. The Morgan fingerprint density at radius 2 is 1.79 bits per heavy atom. The highest BCUT2D eigenvalue weighted by atomic mass is 16.5. The first kappa shape index (κ1) is 23.8. The largest absolute Gasteiger partial charge is 0.497 e. The van der Waals surface area contributed by atoms with Gasteiger partial charge in [-0.25, -0.2) is 0 Å². The summed E-state index contributed by atoms with van der Waals surface area (Å²) in [6.45, 7) is 3.80. The van der Waals surface area contributed by atoms with E-state index in [1.165, 1.54) is 23.1 Å². The van der Waals surface area contributed by atoms with Crippen molar-refractivity contribution in [2.24, 2.45) is 5.41 Å². The second-order valence-electron chi connectivity index (χ2n) is 9.59. The Bertz CT molecular complexity index is 975. The molecule has 0 bridgehead atoms. The van der Waals surface area contributed by atoms with E-state index in [0.717, 1.165) is 50.9 Å². The summed E-state index contributed by atoms with van der Waals surface area (Å²) in [5.74, 6) is 0.936. The van der Waals surface area contributed by atoms with Crippen LogP contribution in [0.3, 0.4) is 0 Å². The summed E-state index contributed by atoms with van der Waals surface area (Å²) in [7, 11) is 3.61. The highest BCUT2D eigenvalue weighted by molar-refractivity contribution is 5.44. The summed E-state index contributed by atoms with van der Waals surface area (Å²) in [5, 5.41) is 0. The van der Waals surface area contributed by atoms with E-state index in [-0.39, 0.29) is 5.41 Å². The number of benzene rings is 2. The van der Waals surface area contributed by atoms with Gasteiger partial charge in [0.25, 0.3) is 0 Å². The molecule has 2 atom stereocenters. The fourth-order valence-electron chi connectivity index (χ4n) is 5.68. The molecule has 2 aliphatic rings. The van der Waals surface area contributed by atoms with E-state index in [4.69, 9.17) is 14.2 Å². The third-order valence-corrected chi connectivity index (χ3v) is 7.52. The molecule has 1 saturated carbocycles. The Labute approximate surface area is 199 Å². The van der Waals surface area contributed by atoms with Gasteiger partial charge in [0.05, 0.1) is 19.8 Å². The Morgan fingerprint density at radius 3 is 2.58 bits per heavy atom. The molecule has 33 heavy (non-hydrogen) atoms. The third-order valence-electron chi connectivity index (χ3n) is 7.52. The molecule has 0 aliphatic heterocycles. The van der Waals surface area contributed by atoms with Crippen molar-refractivity contribution in [3.8, 4) is 5.75 Å². The second kappa shape index (κ2) is 11.2. The van der Waals surface area contributed by atoms with Crippen LogP contribution in [0.5, 0.6) is 5.75 Å². The monoisotopic (exact) mass is 446 g/mol. The summed E-state index contributed by atoms with van der Waals surface area (Å²) < 4.78 is 17.3. The van der Waals surface area contributed by atoms with Crippen molar-refractivity contribution in [3.63, 3.8) is 0 Å². The molecule has 3 nitrogen and oxygen atoms in total. The lowest BCUT2D eigenvalue weighted by molar-refractivity contribution is 0.0843. The lowest BCUT2D eigenvalue weighted by Gasteiger charge is -2.36. The minimum absolute atomic E-state index is 0.236. The van der Waals surface area contributed by atoms with Gasteiger partial charge in [0.2, 0.25) is 0 Å². The number of hydrogen-bond acceptors (Lipinski definition) is 3. The SMILES string of the molecule is COc1cccc(CCC2=C3CC(OC)C[C@]3(CCCOCc3ccccc3)CC=C2C)c1. The molecular weight excluding hydrogens is 408 g/mol. The fraction of sp³-hybridized carbons (Fsp3) is 0.467. The number of rotatable bonds is 11. The van der Waals surface area contributed by atoms with E-state index in [1.54, 1.807) is 18.3 Å². The van der Waals surface area contributed by atoms with Crippen molar-refractivity contribution in [2.75, 3.05) is 20.8 Å². The zero-order valence-corrected chi connectivity index (χ0v) is 20.4. The molecule has 0 amide bonds. The highest BCUT2D eigenvalue weighted by Crippen LogP contribution is 2.55. The van der Waals surface area contributed by atoms with E-state index in [2.05, 4.69) is 55.5 Å². The van der Waals surface area contributed by atoms with Crippen molar-refractivity contribution in [1.29, 1.82) is 0 Å². The van der Waals surface area contributed by atoms with Crippen LogP contribution < -0.4 is 4.74 Å². The average molecular weight is 447 g/mol. The molecule has 1 unspecified atom stereocenters. The molecule has 2 aromatic carbocycles. The Hall–Kier alpha value is -2.36. The lowest BCUT2D eigenvalue weighted by atomic mass is 9.69. The topological polar surface area (TPSA) is 27.7 Å². The molecule has 1 fully saturated rings. The van der Waals surface area contributed by atoms with E-state index in [1.807, 2.05) is 19.2 Å². The number of allylic oxidation sites excluding steroid dienone is 3. The molecule has 0 radical (unpaired) electrons. The molecule has 176 valence electrons. The second-order valence-corrected chi connectivity index (χ2v) is 9.59. The molecular formula is C30H38O3. The van der Waals surface area contributed by atoms with Gasteiger partial charge in [-0.2, -0.15) is 0 Å². The summed E-state index contributed by atoms with van der Waals surface area (Å²) in [6.07, 6.45) is 10.5. The van der Waals surface area contributed by atoms with Crippen LogP contribution in [0, 0.1) is 5.41 Å². The quantitative estimate of drug-likeness (QED) is 0.346. The van der Waals surface area contributed by atoms with Crippen LogP contribution >= 0.6 is 0 Å². The van der Waals surface area contributed by atoms with Gasteiger partial charge in [0.1, 0.15) is 5.75 Å². The van der Waals surface area contributed by atoms with Crippen LogP contribution in [0.2, 0.25) is 0 Å². The molecule has 2 aromatic rings. The van der Waals surface area contributed by atoms with E-state index in [9.17, 15) is 0 Å². The van der Waals surface area contributed by atoms with Crippen molar-refractivity contribution < 1.29 is 14.2 Å². The number of aryl methyl sites for hydroxylation is 1. The summed E-state index contributed by atoms with van der Waals surface area (Å²) in [4.78, 5) is 0. The van der Waals surface area contributed by atoms with E-state index < -0.39 is 0 Å². The smallest absolute Gasteiger partial charge is 0.119 e. The van der Waals surface area contributed by atoms with Gasteiger partial charge in [-0.3, -0.25) is 0 Å². The van der Waals surface area contributed by atoms with Crippen LogP contribution in [0.25, 0.3) is 0 Å². The predicted molar refractivity (Wildman–Crippen MR) is 135 cm³/mol. The molecule has 0 saturated heterocycles. The first-order valence-corrected chi connectivity index (χ1v) is 12.3. The van der Waals surface area contributed by atoms with Crippen molar-refractivity contribution in [1.82, 2.24) is 0 Å². The molecule has 0 N–H and O–H groups in total. The van der Waals surface area contributed by atoms with Gasteiger partial charge in [-0.05, 0) is 86.1 Å². The van der Waals surface area contributed by atoms with E-state index in [0.29, 0.717) is 12.7 Å². The normalized spacial score (nSPS) is 22.3. The van der Waals surface area contributed by atoms with E-state index >= 15 is 0 Å². The zero-order valence-electron chi connectivity index (χ0n) is 20.4. The molecule has 0 aromatic heterocycles. The Kier molecular flexibility index (Phi) is 8.06. The predicted octanol–water partition coefficient (Wildman–Crippen LogP) is 7.07. The van der Waals surface area contributed by atoms with Gasteiger partial charge in [0, 0.05) is 13.7 Å². The van der Waals surface area contributed by atoms with Gasteiger partial charge in [-0.1, -0.05) is 59.7 Å². The van der Waals surface area contributed by atoms with Crippen LogP contribution in [0.1, 0.15) is 56.6 Å². The van der Waals surface area contributed by atoms with Gasteiger partial charge >= 0.3 is 0 Å². The summed E-state index contributed by atoms with van der Waals surface area (Å²) in [5.41, 5.74) is 7.49. The van der Waals surface area contributed by atoms with Crippen molar-refractivity contribution in [2.45, 2.75) is 64.6 Å². The Balaban J connectivity index is 1.43. The Morgan fingerprint density at radius 1 is 0.970 bits per heavy atom. The fourth-order valence-corrected chi connectivity index (χ4v) is 5.68. The van der Waals surface area contributed by atoms with Crippen LogP contribution in [-0.2, 0) is 22.5 Å². The number of methoxy groups -OCH3 is 2. The standard InChI is InChI=1S/C30H38O3/c1-23-15-17-30(16-8-18-33-22-25-9-5-4-6-10-25)21-27(32-3)20-29(30)28(23)14-13-24-11-7-12-26(19-24)31-2/h4-7,9-12,15,19,27H,8,13-14,16-18,20-22H2,1-3H3/t27?,30-/m0/s1. The third kappa shape index (κ3) is 5.77. The maximum atomic E-state index is 6.01. The molecule has 4 rings (SSSR count). The number of ether oxygens (including phenoxy) is 3. The van der Waals surface area contributed by atoms with Crippen molar-refractivity contribution in [3.05, 3.63) is 88.5 Å². The first-order valence-electron chi connectivity index (χ1n) is 12.3. The van der Waals surface area contributed by atoms with Crippen LogP contribution in [0.15, 0.2) is 77.4 Å². The molecule has 0 spiro atoms. The minimum atomic E-state index is 0.236. The molecule has 2 aliphatic carbocycles. The summed E-state index contributed by atoms with van der Waals surface area (Å²) in [6, 6.07) is 18.9. The molecule has 3 heteroatoms. The first-order chi connectivity index (χ1) is 16.1. The highest BCUT2D eigenvalue weighted by Gasteiger charge is 2.45. The van der Waals surface area contributed by atoms with Crippen LogP contribution in [-0.4, -0.2) is 26.9 Å². The maximum absolute atomic E-state index is 6.01. The van der Waals surface area contributed by atoms with Gasteiger partial charge in [-0.15, -0.1) is 0 Å². The van der Waals surface area contributed by atoms with Gasteiger partial charge < -0.3 is 14.2 Å². The minimum Gasteiger partial charge on any atom is -0.497 e. The number of fused-ring (bicyclic) bond motifs is 1. The number of hydrogen-bond donors (Lipinski definition) is 0. The van der Waals surface area contributed by atoms with Gasteiger partial charge in [0.15, 0.2) is 0 Å². The van der Waals surface area contributed by atoms with Crippen molar-refractivity contribution >= 4 is 0 Å². The maximum Gasteiger partial charge on any atom is 0.119 e. The van der Waals surface area contributed by atoms with Crippen LogP contribution in [0.4, 0.5) is 0 Å². The summed E-state index contributed by atoms with van der Waals surface area (Å²) >= 11 is 0. The lowest BCUT2D eigenvalue weighted by Crippen LogP contribution is -2.24.